The highest BCUT2D eigenvalue weighted by atomic mass is 19.4. The van der Waals surface area contributed by atoms with E-state index < -0.39 is 17.2 Å². The maximum Gasteiger partial charge on any atom is 0.416 e. The first kappa shape index (κ1) is 19.4. The molecular formula is C21H21F4NO. The molecular weight excluding hydrogens is 358 g/mol. The van der Waals surface area contributed by atoms with Crippen molar-refractivity contribution < 1.29 is 22.4 Å². The van der Waals surface area contributed by atoms with E-state index in [1.54, 1.807) is 12.1 Å². The Balaban J connectivity index is 1.74. The molecule has 0 bridgehead atoms. The van der Waals surface area contributed by atoms with Gasteiger partial charge in [-0.3, -0.25) is 4.79 Å². The molecule has 0 unspecified atom stereocenters. The smallest absolute Gasteiger partial charge is 0.351 e. The van der Waals surface area contributed by atoms with Crippen molar-refractivity contribution in [3.63, 3.8) is 0 Å². The zero-order chi connectivity index (χ0) is 19.5. The predicted molar refractivity (Wildman–Crippen MR) is 94.5 cm³/mol. The van der Waals surface area contributed by atoms with E-state index in [-0.39, 0.29) is 18.3 Å². The van der Waals surface area contributed by atoms with Crippen LogP contribution in [0.4, 0.5) is 17.6 Å². The summed E-state index contributed by atoms with van der Waals surface area (Å²) in [7, 11) is 0. The number of hydrogen-bond acceptors (Lipinski definition) is 1. The summed E-state index contributed by atoms with van der Waals surface area (Å²) in [5.74, 6) is -0.511. The minimum Gasteiger partial charge on any atom is -0.351 e. The summed E-state index contributed by atoms with van der Waals surface area (Å²) in [6.07, 6.45) is -0.156. The molecule has 2 aromatic carbocycles. The lowest BCUT2D eigenvalue weighted by molar-refractivity contribution is -0.137. The largest absolute Gasteiger partial charge is 0.416 e. The van der Waals surface area contributed by atoms with Crippen LogP contribution in [0.3, 0.4) is 0 Å². The molecule has 0 aromatic heterocycles. The van der Waals surface area contributed by atoms with Crippen molar-refractivity contribution in [2.45, 2.75) is 50.2 Å². The molecule has 144 valence electrons. The van der Waals surface area contributed by atoms with E-state index in [4.69, 9.17) is 0 Å². The SMILES string of the molecule is O=C(NCc1ccc(C(F)(F)F)cc1)C1(c2ccc(F)cc2)CCCCC1. The lowest BCUT2D eigenvalue weighted by Crippen LogP contribution is -2.45. The van der Waals surface area contributed by atoms with Crippen molar-refractivity contribution in [3.8, 4) is 0 Å². The number of hydrogen-bond donors (Lipinski definition) is 1. The molecule has 1 amide bonds. The molecule has 1 fully saturated rings. The van der Waals surface area contributed by atoms with Crippen LogP contribution >= 0.6 is 0 Å². The topological polar surface area (TPSA) is 29.1 Å². The first-order valence-corrected chi connectivity index (χ1v) is 9.02. The maximum absolute atomic E-state index is 13.3. The molecule has 1 aliphatic carbocycles. The molecule has 6 heteroatoms. The molecule has 0 spiro atoms. The standard InChI is InChI=1S/C21H21F4NO/c22-18-10-8-16(9-11-18)20(12-2-1-3-13-20)19(27)26-14-15-4-6-17(7-5-15)21(23,24)25/h4-11H,1-3,12-14H2,(H,26,27). The second kappa shape index (κ2) is 7.71. The fourth-order valence-corrected chi connectivity index (χ4v) is 3.73. The van der Waals surface area contributed by atoms with Crippen LogP contribution in [0, 0.1) is 5.82 Å². The number of benzene rings is 2. The van der Waals surface area contributed by atoms with E-state index >= 15 is 0 Å². The van der Waals surface area contributed by atoms with Gasteiger partial charge in [0.15, 0.2) is 0 Å². The third kappa shape index (κ3) is 4.31. The predicted octanol–water partition coefficient (Wildman–Crippen LogP) is 5.36. The quantitative estimate of drug-likeness (QED) is 0.712. The molecule has 0 atom stereocenters. The summed E-state index contributed by atoms with van der Waals surface area (Å²) >= 11 is 0. The lowest BCUT2D eigenvalue weighted by Gasteiger charge is -2.36. The van der Waals surface area contributed by atoms with Gasteiger partial charge in [-0.1, -0.05) is 43.5 Å². The summed E-state index contributed by atoms with van der Waals surface area (Å²) < 4.78 is 51.2. The van der Waals surface area contributed by atoms with Crippen LogP contribution in [0.1, 0.15) is 48.8 Å². The Bertz CT molecular complexity index is 775. The van der Waals surface area contributed by atoms with Crippen molar-refractivity contribution in [3.05, 3.63) is 71.0 Å². The summed E-state index contributed by atoms with van der Waals surface area (Å²) in [4.78, 5) is 13.0. The van der Waals surface area contributed by atoms with E-state index in [9.17, 15) is 22.4 Å². The summed E-state index contributed by atoms with van der Waals surface area (Å²) in [6.45, 7) is 0.153. The van der Waals surface area contributed by atoms with Gasteiger partial charge in [0.25, 0.3) is 0 Å². The molecule has 0 saturated heterocycles. The monoisotopic (exact) mass is 379 g/mol. The highest BCUT2D eigenvalue weighted by Gasteiger charge is 2.40. The minimum absolute atomic E-state index is 0.153. The third-order valence-electron chi connectivity index (χ3n) is 5.27. The Morgan fingerprint density at radius 1 is 0.926 bits per heavy atom. The van der Waals surface area contributed by atoms with E-state index in [1.807, 2.05) is 0 Å². The van der Waals surface area contributed by atoms with Crippen LogP contribution in [0.15, 0.2) is 48.5 Å². The molecule has 3 rings (SSSR count). The van der Waals surface area contributed by atoms with Gasteiger partial charge in [0, 0.05) is 6.54 Å². The molecule has 2 nitrogen and oxygen atoms in total. The first-order chi connectivity index (χ1) is 12.8. The van der Waals surface area contributed by atoms with Gasteiger partial charge in [-0.05, 0) is 48.2 Å². The molecule has 27 heavy (non-hydrogen) atoms. The van der Waals surface area contributed by atoms with E-state index in [1.165, 1.54) is 24.3 Å². The molecule has 1 saturated carbocycles. The highest BCUT2D eigenvalue weighted by molar-refractivity contribution is 5.88. The molecule has 0 radical (unpaired) electrons. The van der Waals surface area contributed by atoms with Crippen LogP contribution in [0.2, 0.25) is 0 Å². The maximum atomic E-state index is 13.3. The van der Waals surface area contributed by atoms with Gasteiger partial charge in [0.05, 0.1) is 11.0 Å². The number of carbonyl (C=O) groups is 1. The summed E-state index contributed by atoms with van der Waals surface area (Å²) in [5, 5.41) is 2.87. The molecule has 0 heterocycles. The van der Waals surface area contributed by atoms with E-state index in [2.05, 4.69) is 5.32 Å². The van der Waals surface area contributed by atoms with Gasteiger partial charge in [0.1, 0.15) is 5.82 Å². The van der Waals surface area contributed by atoms with Crippen LogP contribution in [0.5, 0.6) is 0 Å². The van der Waals surface area contributed by atoms with Crippen molar-refractivity contribution in [1.82, 2.24) is 5.32 Å². The Kier molecular flexibility index (Phi) is 5.53. The van der Waals surface area contributed by atoms with Gasteiger partial charge in [0.2, 0.25) is 5.91 Å². The Morgan fingerprint density at radius 2 is 1.52 bits per heavy atom. The van der Waals surface area contributed by atoms with Crippen molar-refractivity contribution in [2.75, 3.05) is 0 Å². The van der Waals surface area contributed by atoms with E-state index in [0.717, 1.165) is 37.0 Å². The van der Waals surface area contributed by atoms with Gasteiger partial charge >= 0.3 is 6.18 Å². The number of nitrogens with one attached hydrogen (secondary N) is 1. The average molecular weight is 379 g/mol. The molecule has 0 aliphatic heterocycles. The number of rotatable bonds is 4. The number of halogens is 4. The Hall–Kier alpha value is -2.37. The zero-order valence-corrected chi connectivity index (χ0v) is 14.8. The second-order valence-electron chi connectivity index (χ2n) is 7.03. The molecule has 1 aliphatic rings. The van der Waals surface area contributed by atoms with Gasteiger partial charge in [-0.25, -0.2) is 4.39 Å². The van der Waals surface area contributed by atoms with Crippen molar-refractivity contribution in [2.24, 2.45) is 0 Å². The van der Waals surface area contributed by atoms with Crippen LogP contribution in [-0.4, -0.2) is 5.91 Å². The first-order valence-electron chi connectivity index (χ1n) is 9.02. The second-order valence-corrected chi connectivity index (χ2v) is 7.03. The van der Waals surface area contributed by atoms with Crippen LogP contribution in [0.25, 0.3) is 0 Å². The highest BCUT2D eigenvalue weighted by Crippen LogP contribution is 2.40. The fourth-order valence-electron chi connectivity index (χ4n) is 3.73. The Labute approximate surface area is 155 Å². The average Bonchev–Trinajstić information content (AvgIpc) is 2.67. The minimum atomic E-state index is -4.38. The zero-order valence-electron chi connectivity index (χ0n) is 14.8. The van der Waals surface area contributed by atoms with Crippen LogP contribution < -0.4 is 5.32 Å². The summed E-state index contributed by atoms with van der Waals surface area (Å²) in [5.41, 5.74) is -0.0414. The van der Waals surface area contributed by atoms with Crippen molar-refractivity contribution >= 4 is 5.91 Å². The van der Waals surface area contributed by atoms with Crippen LogP contribution in [-0.2, 0) is 22.9 Å². The molecule has 2 aromatic rings. The number of carbonyl (C=O) groups excluding carboxylic acids is 1. The summed E-state index contributed by atoms with van der Waals surface area (Å²) in [6, 6.07) is 10.8. The number of alkyl halides is 3. The molecule has 1 N–H and O–H groups in total. The van der Waals surface area contributed by atoms with Gasteiger partial charge < -0.3 is 5.32 Å². The fraction of sp³-hybridized carbons (Fsp3) is 0.381. The van der Waals surface area contributed by atoms with Crippen molar-refractivity contribution in [1.29, 1.82) is 0 Å². The lowest BCUT2D eigenvalue weighted by atomic mass is 9.68. The van der Waals surface area contributed by atoms with Gasteiger partial charge in [-0.15, -0.1) is 0 Å². The Morgan fingerprint density at radius 3 is 2.07 bits per heavy atom. The normalized spacial score (nSPS) is 16.7. The third-order valence-corrected chi connectivity index (χ3v) is 5.27. The number of amides is 1. The van der Waals surface area contributed by atoms with Gasteiger partial charge in [-0.2, -0.15) is 13.2 Å². The van der Waals surface area contributed by atoms with E-state index in [0.29, 0.717) is 18.4 Å².